The van der Waals surface area contributed by atoms with E-state index in [1.807, 2.05) is 36.4 Å². The molecule has 136 valence electrons. The van der Waals surface area contributed by atoms with Gasteiger partial charge in [0.25, 0.3) is 5.91 Å². The van der Waals surface area contributed by atoms with Crippen LogP contribution in [-0.2, 0) is 4.74 Å². The molecule has 1 heterocycles. The number of benzene rings is 2. The van der Waals surface area contributed by atoms with Crippen molar-refractivity contribution >= 4 is 29.2 Å². The lowest BCUT2D eigenvalue weighted by Crippen LogP contribution is -2.16. The summed E-state index contributed by atoms with van der Waals surface area (Å²) in [6, 6.07) is 18.0. The van der Waals surface area contributed by atoms with Crippen molar-refractivity contribution in [2.75, 3.05) is 11.9 Å². The van der Waals surface area contributed by atoms with Gasteiger partial charge in [-0.25, -0.2) is 9.78 Å². The molecule has 0 aliphatic rings. The van der Waals surface area contributed by atoms with Gasteiger partial charge in [0.15, 0.2) is 0 Å². The average molecular weight is 381 g/mol. The van der Waals surface area contributed by atoms with Gasteiger partial charge in [-0.15, -0.1) is 0 Å². The predicted molar refractivity (Wildman–Crippen MR) is 105 cm³/mol. The highest BCUT2D eigenvalue weighted by molar-refractivity contribution is 6.33. The van der Waals surface area contributed by atoms with Gasteiger partial charge < -0.3 is 10.1 Å². The van der Waals surface area contributed by atoms with Crippen LogP contribution in [0.1, 0.15) is 27.6 Å². The van der Waals surface area contributed by atoms with Crippen LogP contribution in [0.2, 0.25) is 5.15 Å². The van der Waals surface area contributed by atoms with E-state index in [-0.39, 0.29) is 22.9 Å². The van der Waals surface area contributed by atoms with E-state index in [9.17, 15) is 9.59 Å². The SMILES string of the molecule is CCOC(=O)c1cc(-c2ccccc2)ccc1NC(=O)c1cccnc1Cl. The zero-order chi connectivity index (χ0) is 19.2. The van der Waals surface area contributed by atoms with E-state index < -0.39 is 11.9 Å². The number of carbonyl (C=O) groups excluding carboxylic acids is 2. The Bertz CT molecular complexity index is 974. The Hall–Kier alpha value is -3.18. The number of nitrogens with one attached hydrogen (secondary N) is 1. The maximum atomic E-state index is 12.5. The predicted octanol–water partition coefficient (Wildman–Crippen LogP) is 4.83. The molecule has 0 saturated carbocycles. The summed E-state index contributed by atoms with van der Waals surface area (Å²) in [5, 5.41) is 2.81. The van der Waals surface area contributed by atoms with Crippen LogP contribution in [0.4, 0.5) is 5.69 Å². The number of anilines is 1. The number of ether oxygens (including phenoxy) is 1. The van der Waals surface area contributed by atoms with Crippen LogP contribution in [0.3, 0.4) is 0 Å². The third-order valence-corrected chi connectivity index (χ3v) is 4.18. The molecule has 0 spiro atoms. The molecule has 0 atom stereocenters. The molecule has 27 heavy (non-hydrogen) atoms. The first-order valence-electron chi connectivity index (χ1n) is 8.38. The van der Waals surface area contributed by atoms with Gasteiger partial charge in [0, 0.05) is 6.20 Å². The number of pyridine rings is 1. The lowest BCUT2D eigenvalue weighted by atomic mass is 10.0. The van der Waals surface area contributed by atoms with Gasteiger partial charge in [-0.05, 0) is 42.3 Å². The number of nitrogens with zero attached hydrogens (tertiary/aromatic N) is 1. The summed E-state index contributed by atoms with van der Waals surface area (Å²) < 4.78 is 5.14. The smallest absolute Gasteiger partial charge is 0.340 e. The molecule has 0 bridgehead atoms. The summed E-state index contributed by atoms with van der Waals surface area (Å²) in [6.07, 6.45) is 1.50. The van der Waals surface area contributed by atoms with E-state index >= 15 is 0 Å². The van der Waals surface area contributed by atoms with Crippen molar-refractivity contribution < 1.29 is 14.3 Å². The fraction of sp³-hybridized carbons (Fsp3) is 0.0952. The lowest BCUT2D eigenvalue weighted by Gasteiger charge is -2.13. The summed E-state index contributed by atoms with van der Waals surface area (Å²) in [6.45, 7) is 1.96. The highest BCUT2D eigenvalue weighted by Gasteiger charge is 2.18. The zero-order valence-electron chi connectivity index (χ0n) is 14.6. The Balaban J connectivity index is 1.97. The molecule has 1 amide bonds. The Morgan fingerprint density at radius 3 is 2.48 bits per heavy atom. The third kappa shape index (κ3) is 4.33. The van der Waals surface area contributed by atoms with Crippen LogP contribution in [-0.4, -0.2) is 23.5 Å². The molecule has 0 fully saturated rings. The van der Waals surface area contributed by atoms with E-state index in [1.165, 1.54) is 6.20 Å². The van der Waals surface area contributed by atoms with Crippen molar-refractivity contribution in [3.63, 3.8) is 0 Å². The van der Waals surface area contributed by atoms with Gasteiger partial charge in [0.2, 0.25) is 0 Å². The highest BCUT2D eigenvalue weighted by Crippen LogP contribution is 2.27. The first-order valence-corrected chi connectivity index (χ1v) is 8.76. The lowest BCUT2D eigenvalue weighted by molar-refractivity contribution is 0.0527. The van der Waals surface area contributed by atoms with Gasteiger partial charge >= 0.3 is 5.97 Å². The Morgan fingerprint density at radius 1 is 1.00 bits per heavy atom. The maximum Gasteiger partial charge on any atom is 0.340 e. The average Bonchev–Trinajstić information content (AvgIpc) is 2.69. The maximum absolute atomic E-state index is 12.5. The Kier molecular flexibility index (Phi) is 5.84. The number of amides is 1. The van der Waals surface area contributed by atoms with E-state index in [0.717, 1.165) is 11.1 Å². The molecule has 6 heteroatoms. The summed E-state index contributed by atoms with van der Waals surface area (Å²) in [5.74, 6) is -0.964. The summed E-state index contributed by atoms with van der Waals surface area (Å²) in [5.41, 5.74) is 2.64. The van der Waals surface area contributed by atoms with Gasteiger partial charge in [-0.3, -0.25) is 4.79 Å². The van der Waals surface area contributed by atoms with Crippen molar-refractivity contribution in [2.45, 2.75) is 6.92 Å². The molecular weight excluding hydrogens is 364 g/mol. The number of halogens is 1. The van der Waals surface area contributed by atoms with E-state index in [4.69, 9.17) is 16.3 Å². The van der Waals surface area contributed by atoms with Gasteiger partial charge in [-0.2, -0.15) is 0 Å². The van der Waals surface area contributed by atoms with Crippen molar-refractivity contribution in [2.24, 2.45) is 0 Å². The Morgan fingerprint density at radius 2 is 1.78 bits per heavy atom. The second kappa shape index (κ2) is 8.47. The molecule has 0 aliphatic heterocycles. The highest BCUT2D eigenvalue weighted by atomic mass is 35.5. The quantitative estimate of drug-likeness (QED) is 0.508. The van der Waals surface area contributed by atoms with Crippen LogP contribution in [0, 0.1) is 0 Å². The van der Waals surface area contributed by atoms with Crippen molar-refractivity contribution in [3.05, 3.63) is 83.1 Å². The summed E-state index contributed by atoms with van der Waals surface area (Å²) in [7, 11) is 0. The molecule has 2 aromatic carbocycles. The van der Waals surface area contributed by atoms with Crippen molar-refractivity contribution in [1.29, 1.82) is 0 Å². The van der Waals surface area contributed by atoms with Crippen LogP contribution < -0.4 is 5.32 Å². The van der Waals surface area contributed by atoms with Crippen LogP contribution in [0.5, 0.6) is 0 Å². The fourth-order valence-corrected chi connectivity index (χ4v) is 2.79. The van der Waals surface area contributed by atoms with Crippen LogP contribution >= 0.6 is 11.6 Å². The first kappa shape index (κ1) is 18.6. The van der Waals surface area contributed by atoms with E-state index in [0.29, 0.717) is 5.69 Å². The minimum atomic E-state index is -0.511. The molecule has 5 nitrogen and oxygen atoms in total. The number of aromatic nitrogens is 1. The van der Waals surface area contributed by atoms with E-state index in [2.05, 4.69) is 10.3 Å². The van der Waals surface area contributed by atoms with Gasteiger partial charge in [0.05, 0.1) is 23.4 Å². The number of rotatable bonds is 5. The van der Waals surface area contributed by atoms with Crippen molar-refractivity contribution in [1.82, 2.24) is 4.98 Å². The molecule has 0 saturated heterocycles. The molecule has 0 radical (unpaired) electrons. The topological polar surface area (TPSA) is 68.3 Å². The second-order valence-corrected chi connectivity index (χ2v) is 6.00. The monoisotopic (exact) mass is 380 g/mol. The molecule has 0 aliphatic carbocycles. The molecule has 3 aromatic rings. The zero-order valence-corrected chi connectivity index (χ0v) is 15.4. The molecule has 1 N–H and O–H groups in total. The molecule has 3 rings (SSSR count). The standard InChI is InChI=1S/C21H17ClN2O3/c1-2-27-21(26)17-13-15(14-7-4-3-5-8-14)10-11-18(17)24-20(25)16-9-6-12-23-19(16)22/h3-13H,2H2,1H3,(H,24,25). The summed E-state index contributed by atoms with van der Waals surface area (Å²) in [4.78, 5) is 28.9. The van der Waals surface area contributed by atoms with Gasteiger partial charge in [0.1, 0.15) is 5.15 Å². The minimum Gasteiger partial charge on any atom is -0.462 e. The van der Waals surface area contributed by atoms with Crippen LogP contribution in [0.15, 0.2) is 66.9 Å². The largest absolute Gasteiger partial charge is 0.462 e. The third-order valence-electron chi connectivity index (χ3n) is 3.87. The Labute approximate surface area is 162 Å². The molecule has 1 aromatic heterocycles. The fourth-order valence-electron chi connectivity index (χ4n) is 2.59. The number of carbonyl (C=O) groups is 2. The van der Waals surface area contributed by atoms with Crippen LogP contribution in [0.25, 0.3) is 11.1 Å². The number of hydrogen-bond acceptors (Lipinski definition) is 4. The second-order valence-electron chi connectivity index (χ2n) is 5.64. The normalized spacial score (nSPS) is 10.3. The van der Waals surface area contributed by atoms with E-state index in [1.54, 1.807) is 31.2 Å². The van der Waals surface area contributed by atoms with Gasteiger partial charge in [-0.1, -0.05) is 48.0 Å². The summed E-state index contributed by atoms with van der Waals surface area (Å²) >= 11 is 5.98. The van der Waals surface area contributed by atoms with Crippen molar-refractivity contribution in [3.8, 4) is 11.1 Å². The number of hydrogen-bond donors (Lipinski definition) is 1. The molecule has 0 unspecified atom stereocenters. The minimum absolute atomic E-state index is 0.0913. The number of esters is 1. The molecular formula is C21H17ClN2O3. The first-order chi connectivity index (χ1) is 13.1.